The lowest BCUT2D eigenvalue weighted by Crippen LogP contribution is -2.23. The summed E-state index contributed by atoms with van der Waals surface area (Å²) < 4.78 is 5.28. The number of aromatic nitrogens is 3. The van der Waals surface area contributed by atoms with Crippen molar-refractivity contribution in [1.82, 2.24) is 20.5 Å². The number of hydrogen-bond donors (Lipinski definition) is 3. The van der Waals surface area contributed by atoms with E-state index in [2.05, 4.69) is 25.8 Å². The molecule has 3 heterocycles. The molecule has 162 valence electrons. The number of nitrogens with zero attached hydrogens (tertiary/aromatic N) is 2. The largest absolute Gasteiger partial charge is 0.467 e. The molecule has 0 radical (unpaired) electrons. The molecule has 0 aliphatic heterocycles. The molecular formula is C26H21N5O2. The van der Waals surface area contributed by atoms with E-state index in [4.69, 9.17) is 4.42 Å². The average Bonchev–Trinajstić information content (AvgIpc) is 3.52. The first-order valence-electron chi connectivity index (χ1n) is 10.5. The highest BCUT2D eigenvalue weighted by Crippen LogP contribution is 2.26. The molecule has 0 unspecified atom stereocenters. The van der Waals surface area contributed by atoms with Gasteiger partial charge in [0.05, 0.1) is 41.0 Å². The van der Waals surface area contributed by atoms with Gasteiger partial charge in [-0.1, -0.05) is 18.2 Å². The Morgan fingerprint density at radius 1 is 1.00 bits per heavy atom. The molecule has 0 aliphatic carbocycles. The van der Waals surface area contributed by atoms with Crippen molar-refractivity contribution in [2.24, 2.45) is 0 Å². The highest BCUT2D eigenvalue weighted by molar-refractivity contribution is 6.00. The van der Waals surface area contributed by atoms with Gasteiger partial charge in [-0.2, -0.15) is 5.10 Å². The number of carbonyl (C=O) groups is 1. The van der Waals surface area contributed by atoms with E-state index in [0.717, 1.165) is 28.0 Å². The summed E-state index contributed by atoms with van der Waals surface area (Å²) in [6.07, 6.45) is 7.21. The maximum absolute atomic E-state index is 12.7. The Hall–Kier alpha value is -4.65. The van der Waals surface area contributed by atoms with Gasteiger partial charge in [0.25, 0.3) is 5.91 Å². The van der Waals surface area contributed by atoms with E-state index in [9.17, 15) is 4.79 Å². The fourth-order valence-corrected chi connectivity index (χ4v) is 3.51. The summed E-state index contributed by atoms with van der Waals surface area (Å²) >= 11 is 0. The number of rotatable bonds is 7. The van der Waals surface area contributed by atoms with E-state index in [0.29, 0.717) is 23.6 Å². The minimum Gasteiger partial charge on any atom is -0.467 e. The van der Waals surface area contributed by atoms with E-state index in [1.165, 1.54) is 0 Å². The standard InChI is InChI=1S/C26H21N5O2/c32-26(28-17-20-7-5-15-33-20)22-8-1-2-9-23(22)29-19-10-12-21-24(30-31-25(21)16-19)13-11-18-6-3-4-14-27-18/h1-16,29H,17H2,(H,28,32)(H,30,31)/b13-11+. The topological polar surface area (TPSA) is 95.8 Å². The quantitative estimate of drug-likeness (QED) is 0.318. The Labute approximate surface area is 190 Å². The van der Waals surface area contributed by atoms with Gasteiger partial charge in [-0.25, -0.2) is 0 Å². The van der Waals surface area contributed by atoms with Gasteiger partial charge in [0.1, 0.15) is 5.76 Å². The molecule has 0 aliphatic rings. The van der Waals surface area contributed by atoms with E-state index in [1.807, 2.05) is 72.8 Å². The molecule has 1 amide bonds. The monoisotopic (exact) mass is 435 g/mol. The van der Waals surface area contributed by atoms with Crippen LogP contribution in [0, 0.1) is 0 Å². The first kappa shape index (κ1) is 20.3. The van der Waals surface area contributed by atoms with Crippen molar-refractivity contribution >= 4 is 40.3 Å². The summed E-state index contributed by atoms with van der Waals surface area (Å²) in [5, 5.41) is 14.7. The molecule has 0 saturated heterocycles. The van der Waals surface area contributed by atoms with Crippen LogP contribution in [0.25, 0.3) is 23.1 Å². The van der Waals surface area contributed by atoms with E-state index >= 15 is 0 Å². The highest BCUT2D eigenvalue weighted by Gasteiger charge is 2.12. The van der Waals surface area contributed by atoms with Crippen LogP contribution in [0.15, 0.2) is 89.7 Å². The van der Waals surface area contributed by atoms with Crippen LogP contribution in [-0.2, 0) is 6.54 Å². The van der Waals surface area contributed by atoms with Crippen molar-refractivity contribution in [3.05, 3.63) is 108 Å². The molecule has 33 heavy (non-hydrogen) atoms. The maximum atomic E-state index is 12.7. The van der Waals surface area contributed by atoms with Gasteiger partial charge in [-0.3, -0.25) is 14.9 Å². The van der Waals surface area contributed by atoms with Gasteiger partial charge in [-0.05, 0) is 66.7 Å². The number of H-pyrrole nitrogens is 1. The van der Waals surface area contributed by atoms with Gasteiger partial charge < -0.3 is 15.1 Å². The molecule has 7 heteroatoms. The van der Waals surface area contributed by atoms with Crippen LogP contribution >= 0.6 is 0 Å². The summed E-state index contributed by atoms with van der Waals surface area (Å²) in [4.78, 5) is 17.0. The SMILES string of the molecule is O=C(NCc1ccco1)c1ccccc1Nc1ccc2c(/C=C/c3ccccn3)n[nH]c2c1. The van der Waals surface area contributed by atoms with Crippen LogP contribution in [0.2, 0.25) is 0 Å². The van der Waals surface area contributed by atoms with Gasteiger partial charge in [0.15, 0.2) is 0 Å². The Bertz CT molecular complexity index is 1410. The number of fused-ring (bicyclic) bond motifs is 1. The molecule has 2 aromatic carbocycles. The predicted octanol–water partition coefficient (Wildman–Crippen LogP) is 5.39. The second-order valence-corrected chi connectivity index (χ2v) is 7.39. The third-order valence-corrected chi connectivity index (χ3v) is 5.15. The molecule has 5 aromatic rings. The first-order valence-corrected chi connectivity index (χ1v) is 10.5. The third kappa shape index (κ3) is 4.67. The zero-order valence-electron chi connectivity index (χ0n) is 17.7. The first-order chi connectivity index (χ1) is 16.3. The van der Waals surface area contributed by atoms with E-state index in [-0.39, 0.29) is 5.91 Å². The van der Waals surface area contributed by atoms with Crippen LogP contribution in [0.1, 0.15) is 27.5 Å². The fraction of sp³-hybridized carbons (Fsp3) is 0.0385. The van der Waals surface area contributed by atoms with Crippen LogP contribution in [0.4, 0.5) is 11.4 Å². The van der Waals surface area contributed by atoms with Crippen LogP contribution in [0.5, 0.6) is 0 Å². The van der Waals surface area contributed by atoms with Gasteiger partial charge in [0, 0.05) is 17.3 Å². The number of furan rings is 1. The lowest BCUT2D eigenvalue weighted by molar-refractivity contribution is 0.0949. The molecule has 0 atom stereocenters. The Morgan fingerprint density at radius 2 is 1.91 bits per heavy atom. The summed E-state index contributed by atoms with van der Waals surface area (Å²) in [7, 11) is 0. The third-order valence-electron chi connectivity index (χ3n) is 5.15. The minimum absolute atomic E-state index is 0.181. The number of amides is 1. The van der Waals surface area contributed by atoms with Gasteiger partial charge in [0.2, 0.25) is 0 Å². The molecule has 5 rings (SSSR count). The lowest BCUT2D eigenvalue weighted by atomic mass is 10.1. The van der Waals surface area contributed by atoms with Crippen molar-refractivity contribution in [1.29, 1.82) is 0 Å². The minimum atomic E-state index is -0.181. The molecule has 0 fully saturated rings. The number of pyridine rings is 1. The number of benzene rings is 2. The number of para-hydroxylation sites is 1. The Morgan fingerprint density at radius 3 is 2.76 bits per heavy atom. The summed E-state index contributed by atoms with van der Waals surface area (Å²) in [5.74, 6) is 0.519. The highest BCUT2D eigenvalue weighted by atomic mass is 16.3. The molecule has 3 aromatic heterocycles. The Balaban J connectivity index is 1.33. The fourth-order valence-electron chi connectivity index (χ4n) is 3.51. The van der Waals surface area contributed by atoms with Crippen molar-refractivity contribution in [2.75, 3.05) is 5.32 Å². The van der Waals surface area contributed by atoms with Crippen molar-refractivity contribution in [3.8, 4) is 0 Å². The molecule has 0 saturated carbocycles. The summed E-state index contributed by atoms with van der Waals surface area (Å²) in [6.45, 7) is 0.328. The summed E-state index contributed by atoms with van der Waals surface area (Å²) in [6, 6.07) is 22.7. The number of hydrogen-bond acceptors (Lipinski definition) is 5. The molecule has 3 N–H and O–H groups in total. The molecular weight excluding hydrogens is 414 g/mol. The average molecular weight is 435 g/mol. The second-order valence-electron chi connectivity index (χ2n) is 7.39. The van der Waals surface area contributed by atoms with Crippen LogP contribution in [-0.4, -0.2) is 21.1 Å². The second kappa shape index (κ2) is 9.23. The van der Waals surface area contributed by atoms with E-state index < -0.39 is 0 Å². The molecule has 0 spiro atoms. The molecule has 0 bridgehead atoms. The maximum Gasteiger partial charge on any atom is 0.253 e. The number of carbonyl (C=O) groups excluding carboxylic acids is 1. The zero-order chi connectivity index (χ0) is 22.5. The zero-order valence-corrected chi connectivity index (χ0v) is 17.7. The van der Waals surface area contributed by atoms with Crippen LogP contribution in [0.3, 0.4) is 0 Å². The smallest absolute Gasteiger partial charge is 0.253 e. The Kier molecular flexibility index (Phi) is 5.67. The van der Waals surface area contributed by atoms with Crippen molar-refractivity contribution in [3.63, 3.8) is 0 Å². The lowest BCUT2D eigenvalue weighted by Gasteiger charge is -2.12. The number of anilines is 2. The van der Waals surface area contributed by atoms with Crippen LogP contribution < -0.4 is 10.6 Å². The van der Waals surface area contributed by atoms with E-state index in [1.54, 1.807) is 24.6 Å². The molecule has 7 nitrogen and oxygen atoms in total. The van der Waals surface area contributed by atoms with Crippen molar-refractivity contribution < 1.29 is 9.21 Å². The normalized spacial score (nSPS) is 11.2. The number of nitrogens with one attached hydrogen (secondary N) is 3. The van der Waals surface area contributed by atoms with Crippen molar-refractivity contribution in [2.45, 2.75) is 6.54 Å². The predicted molar refractivity (Wildman–Crippen MR) is 129 cm³/mol. The summed E-state index contributed by atoms with van der Waals surface area (Å²) in [5.41, 5.74) is 4.70. The van der Waals surface area contributed by atoms with Gasteiger partial charge in [-0.15, -0.1) is 0 Å². The number of aromatic amines is 1. The van der Waals surface area contributed by atoms with Gasteiger partial charge >= 0.3 is 0 Å².